The molecule has 2 aliphatic carbocycles. The standard InChI is InChI=1S/C38H27Cl2N3O6/c1-42-35(47)37(39)18-26-23(30(38(37,40)36(42)48)25-15-12-19-6-2-3-7-22(19)31(25)44)16-17-24-29(26)34(46)43(33(24)45)21-13-10-20(11-14-21)32-41-27-8-4-5-9-28(27)49-32/h2-16,24,26,29-30,44H,17-18H2,1H3. The predicted octanol–water partition coefficient (Wildman–Crippen LogP) is 6.55. The average Bonchev–Trinajstić information content (AvgIpc) is 3.70. The maximum Gasteiger partial charge on any atom is 0.253 e. The van der Waals surface area contributed by atoms with Gasteiger partial charge in [-0.2, -0.15) is 0 Å². The summed E-state index contributed by atoms with van der Waals surface area (Å²) in [5.41, 5.74) is 3.38. The first-order valence-corrected chi connectivity index (χ1v) is 16.7. The lowest BCUT2D eigenvalue weighted by Gasteiger charge is -2.50. The Hall–Kier alpha value is -4.99. The molecule has 6 unspecified atom stereocenters. The zero-order chi connectivity index (χ0) is 34.0. The molecular weight excluding hydrogens is 665 g/mol. The second-order valence-corrected chi connectivity index (χ2v) is 14.5. The van der Waals surface area contributed by atoms with Crippen molar-refractivity contribution >= 4 is 74.4 Å². The summed E-state index contributed by atoms with van der Waals surface area (Å²) in [6.07, 6.45) is 1.94. The molecule has 4 amide bonds. The minimum absolute atomic E-state index is 0.0879. The van der Waals surface area contributed by atoms with E-state index in [-0.39, 0.29) is 24.5 Å². The predicted molar refractivity (Wildman–Crippen MR) is 183 cm³/mol. The van der Waals surface area contributed by atoms with Crippen molar-refractivity contribution in [2.24, 2.45) is 17.8 Å². The van der Waals surface area contributed by atoms with E-state index in [0.717, 1.165) is 10.3 Å². The van der Waals surface area contributed by atoms with Crippen LogP contribution in [0.2, 0.25) is 0 Å². The van der Waals surface area contributed by atoms with E-state index in [2.05, 4.69) is 4.98 Å². The van der Waals surface area contributed by atoms with Gasteiger partial charge in [0, 0.05) is 29.5 Å². The number of hydrogen-bond donors (Lipinski definition) is 1. The number of oxazole rings is 1. The monoisotopic (exact) mass is 691 g/mol. The average molecular weight is 693 g/mol. The fourth-order valence-corrected chi connectivity index (χ4v) is 9.61. The SMILES string of the molecule is CN1C(=O)C2(Cl)CC3C(=CCC4C(=O)N(c5ccc(-c6nc7ccccc7o6)cc5)C(=O)C43)C(c3ccc4ccccc4c3O)C2(Cl)C1=O. The second-order valence-electron chi connectivity index (χ2n) is 13.3. The Morgan fingerprint density at radius 2 is 1.59 bits per heavy atom. The Balaban J connectivity index is 1.13. The number of hydrogen-bond acceptors (Lipinski definition) is 7. The molecule has 9 rings (SSSR count). The Labute approximate surface area is 289 Å². The van der Waals surface area contributed by atoms with Crippen LogP contribution in [0.1, 0.15) is 24.3 Å². The van der Waals surface area contributed by atoms with Crippen LogP contribution in [-0.4, -0.2) is 55.4 Å². The number of phenolic OH excluding ortho intramolecular Hbond substituents is 1. The van der Waals surface area contributed by atoms with Gasteiger partial charge in [0.05, 0.1) is 17.5 Å². The number of amides is 4. The molecule has 244 valence electrons. The molecule has 5 aromatic rings. The van der Waals surface area contributed by atoms with Crippen LogP contribution in [0.25, 0.3) is 33.3 Å². The molecule has 1 saturated carbocycles. The Kier molecular flexibility index (Phi) is 6.30. The molecule has 3 fully saturated rings. The molecular formula is C38H27Cl2N3O6. The smallest absolute Gasteiger partial charge is 0.253 e. The minimum Gasteiger partial charge on any atom is -0.507 e. The number of allylic oxidation sites excluding steroid dienone is 2. The number of aromatic nitrogens is 1. The molecule has 1 aromatic heterocycles. The highest BCUT2D eigenvalue weighted by molar-refractivity contribution is 6.53. The zero-order valence-electron chi connectivity index (χ0n) is 26.0. The Bertz CT molecular complexity index is 2300. The van der Waals surface area contributed by atoms with Gasteiger partial charge >= 0.3 is 0 Å². The highest BCUT2D eigenvalue weighted by Gasteiger charge is 2.76. The summed E-state index contributed by atoms with van der Waals surface area (Å²) < 4.78 is 5.89. The minimum atomic E-state index is -1.98. The van der Waals surface area contributed by atoms with Crippen LogP contribution in [0.15, 0.2) is 101 Å². The largest absolute Gasteiger partial charge is 0.507 e. The molecule has 0 bridgehead atoms. The Morgan fingerprint density at radius 1 is 0.857 bits per heavy atom. The maximum atomic E-state index is 14.4. The molecule has 0 spiro atoms. The van der Waals surface area contributed by atoms with Crippen molar-refractivity contribution in [1.29, 1.82) is 0 Å². The molecule has 4 aliphatic rings. The van der Waals surface area contributed by atoms with Gasteiger partial charge in [-0.05, 0) is 60.5 Å². The fraction of sp³-hybridized carbons (Fsp3) is 0.237. The maximum absolute atomic E-state index is 14.4. The van der Waals surface area contributed by atoms with Crippen LogP contribution in [0, 0.1) is 17.8 Å². The zero-order valence-corrected chi connectivity index (χ0v) is 27.5. The first-order valence-electron chi connectivity index (χ1n) is 16.0. The van der Waals surface area contributed by atoms with Crippen molar-refractivity contribution in [2.45, 2.75) is 28.5 Å². The molecule has 2 saturated heterocycles. The summed E-state index contributed by atoms with van der Waals surface area (Å²) in [4.78, 5) is 58.9. The number of fused-ring (bicyclic) bond motifs is 6. The van der Waals surface area contributed by atoms with Crippen LogP contribution in [0.4, 0.5) is 5.69 Å². The van der Waals surface area contributed by atoms with Gasteiger partial charge in [0.15, 0.2) is 15.3 Å². The van der Waals surface area contributed by atoms with Crippen molar-refractivity contribution in [3.8, 4) is 17.2 Å². The van der Waals surface area contributed by atoms with E-state index >= 15 is 0 Å². The number of phenols is 1. The number of benzene rings is 4. The number of anilines is 1. The van der Waals surface area contributed by atoms with E-state index in [4.69, 9.17) is 27.6 Å². The lowest BCUT2D eigenvalue weighted by molar-refractivity contribution is -0.138. The highest BCUT2D eigenvalue weighted by Crippen LogP contribution is 2.66. The number of carbonyl (C=O) groups excluding carboxylic acids is 4. The van der Waals surface area contributed by atoms with Crippen molar-refractivity contribution in [3.63, 3.8) is 0 Å². The number of carbonyl (C=O) groups is 4. The fourth-order valence-electron chi connectivity index (χ4n) is 8.60. The van der Waals surface area contributed by atoms with Crippen molar-refractivity contribution in [1.82, 2.24) is 9.88 Å². The summed E-state index contributed by atoms with van der Waals surface area (Å²) in [7, 11) is 1.34. The molecule has 3 heterocycles. The van der Waals surface area contributed by atoms with Gasteiger partial charge in [0.2, 0.25) is 17.7 Å². The normalized spacial score (nSPS) is 29.4. The number of alkyl halides is 2. The molecule has 9 nitrogen and oxygen atoms in total. The molecule has 2 aliphatic heterocycles. The lowest BCUT2D eigenvalue weighted by atomic mass is 9.56. The molecule has 11 heteroatoms. The van der Waals surface area contributed by atoms with Crippen LogP contribution >= 0.6 is 23.2 Å². The summed E-state index contributed by atoms with van der Waals surface area (Å²) >= 11 is 14.6. The third-order valence-electron chi connectivity index (χ3n) is 10.9. The van der Waals surface area contributed by atoms with Gasteiger partial charge in [-0.3, -0.25) is 29.0 Å². The topological polar surface area (TPSA) is 121 Å². The van der Waals surface area contributed by atoms with E-state index in [1.807, 2.05) is 48.5 Å². The number of para-hydroxylation sites is 2. The van der Waals surface area contributed by atoms with Crippen LogP contribution < -0.4 is 4.90 Å². The number of rotatable bonds is 3. The number of likely N-dealkylation sites (tertiary alicyclic amines) is 1. The van der Waals surface area contributed by atoms with Crippen LogP contribution in [0.3, 0.4) is 0 Å². The lowest BCUT2D eigenvalue weighted by Crippen LogP contribution is -2.60. The third kappa shape index (κ3) is 3.85. The molecule has 4 aromatic carbocycles. The number of nitrogens with zero attached hydrogens (tertiary/aromatic N) is 3. The molecule has 1 N–H and O–H groups in total. The van der Waals surface area contributed by atoms with E-state index in [1.54, 1.807) is 42.5 Å². The number of imide groups is 2. The van der Waals surface area contributed by atoms with E-state index in [1.165, 1.54) is 11.9 Å². The van der Waals surface area contributed by atoms with Gasteiger partial charge in [-0.25, -0.2) is 4.98 Å². The van der Waals surface area contributed by atoms with E-state index < -0.39 is 51.1 Å². The highest BCUT2D eigenvalue weighted by atomic mass is 35.5. The van der Waals surface area contributed by atoms with E-state index in [9.17, 15) is 24.3 Å². The van der Waals surface area contributed by atoms with Gasteiger partial charge < -0.3 is 9.52 Å². The molecule has 0 radical (unpaired) electrons. The van der Waals surface area contributed by atoms with Crippen molar-refractivity contribution in [2.75, 3.05) is 11.9 Å². The first-order chi connectivity index (χ1) is 23.5. The summed E-state index contributed by atoms with van der Waals surface area (Å²) in [6, 6.07) is 25.0. The Morgan fingerprint density at radius 3 is 2.37 bits per heavy atom. The second kappa shape index (κ2) is 10.3. The quantitative estimate of drug-likeness (QED) is 0.129. The molecule has 6 atom stereocenters. The van der Waals surface area contributed by atoms with Gasteiger partial charge in [0.1, 0.15) is 11.3 Å². The van der Waals surface area contributed by atoms with Crippen molar-refractivity contribution < 1.29 is 28.7 Å². The summed E-state index contributed by atoms with van der Waals surface area (Å²) in [6.45, 7) is 0. The first kappa shape index (κ1) is 30.1. The van der Waals surface area contributed by atoms with Gasteiger partial charge in [-0.15, -0.1) is 23.2 Å². The summed E-state index contributed by atoms with van der Waals surface area (Å²) in [5.74, 6) is -5.14. The van der Waals surface area contributed by atoms with Crippen LogP contribution in [0.5, 0.6) is 5.75 Å². The number of aromatic hydroxyl groups is 1. The molecule has 49 heavy (non-hydrogen) atoms. The third-order valence-corrected chi connectivity index (χ3v) is 12.3. The van der Waals surface area contributed by atoms with Gasteiger partial charge in [-0.1, -0.05) is 60.2 Å². The summed E-state index contributed by atoms with van der Waals surface area (Å²) in [5, 5.41) is 13.0. The van der Waals surface area contributed by atoms with Crippen LogP contribution in [-0.2, 0) is 19.2 Å². The van der Waals surface area contributed by atoms with E-state index in [0.29, 0.717) is 44.8 Å². The number of halogens is 2. The van der Waals surface area contributed by atoms with Crippen molar-refractivity contribution in [3.05, 3.63) is 102 Å². The van der Waals surface area contributed by atoms with Gasteiger partial charge in [0.25, 0.3) is 11.8 Å².